The van der Waals surface area contributed by atoms with Crippen molar-refractivity contribution < 1.29 is 4.39 Å². The summed E-state index contributed by atoms with van der Waals surface area (Å²) < 4.78 is 13.1. The average Bonchev–Trinajstić information content (AvgIpc) is 2.83. The third kappa shape index (κ3) is 3.38. The van der Waals surface area contributed by atoms with Crippen LogP contribution in [0.4, 0.5) is 4.39 Å². The topological polar surface area (TPSA) is 26.0 Å². The molecule has 90 valence electrons. The van der Waals surface area contributed by atoms with Crippen molar-refractivity contribution >= 4 is 11.3 Å². The molecule has 0 saturated heterocycles. The fourth-order valence-corrected chi connectivity index (χ4v) is 2.68. The van der Waals surface area contributed by atoms with Gasteiger partial charge >= 0.3 is 0 Å². The van der Waals surface area contributed by atoms with E-state index in [1.807, 2.05) is 6.07 Å². The summed E-state index contributed by atoms with van der Waals surface area (Å²) in [6, 6.07) is 10.9. The van der Waals surface area contributed by atoms with Gasteiger partial charge in [-0.2, -0.15) is 0 Å². The summed E-state index contributed by atoms with van der Waals surface area (Å²) >= 11 is 1.76. The molecule has 0 saturated carbocycles. The van der Waals surface area contributed by atoms with Crippen LogP contribution >= 0.6 is 11.3 Å². The minimum absolute atomic E-state index is 0.183. The number of thiophene rings is 1. The molecule has 17 heavy (non-hydrogen) atoms. The molecule has 1 heterocycles. The molecule has 1 aromatic carbocycles. The van der Waals surface area contributed by atoms with Gasteiger partial charge in [0.05, 0.1) is 0 Å². The van der Waals surface area contributed by atoms with E-state index in [1.165, 1.54) is 10.9 Å². The number of halogens is 1. The van der Waals surface area contributed by atoms with E-state index >= 15 is 0 Å². The second-order valence-corrected chi connectivity index (χ2v) is 5.14. The largest absolute Gasteiger partial charge is 0.330 e. The first-order valence-electron chi connectivity index (χ1n) is 5.77. The van der Waals surface area contributed by atoms with Crippen LogP contribution in [0.1, 0.15) is 22.8 Å². The van der Waals surface area contributed by atoms with Crippen LogP contribution in [0.25, 0.3) is 0 Å². The Morgan fingerprint density at radius 2 is 2.12 bits per heavy atom. The minimum atomic E-state index is -0.183. The van der Waals surface area contributed by atoms with Crippen molar-refractivity contribution in [1.29, 1.82) is 0 Å². The molecule has 2 rings (SSSR count). The Hall–Kier alpha value is -1.19. The van der Waals surface area contributed by atoms with Gasteiger partial charge in [-0.15, -0.1) is 11.3 Å². The van der Waals surface area contributed by atoms with E-state index in [0.29, 0.717) is 6.54 Å². The molecule has 1 unspecified atom stereocenters. The van der Waals surface area contributed by atoms with Crippen LogP contribution in [0, 0.1) is 5.82 Å². The molecule has 1 nitrogen and oxygen atoms in total. The second-order valence-electron chi connectivity index (χ2n) is 4.11. The molecule has 1 aromatic heterocycles. The zero-order valence-corrected chi connectivity index (χ0v) is 10.4. The van der Waals surface area contributed by atoms with Gasteiger partial charge in [-0.25, -0.2) is 4.39 Å². The van der Waals surface area contributed by atoms with Gasteiger partial charge in [0.25, 0.3) is 0 Å². The first-order chi connectivity index (χ1) is 8.29. The molecule has 0 aliphatic carbocycles. The van der Waals surface area contributed by atoms with Crippen molar-refractivity contribution in [3.05, 3.63) is 58.0 Å². The average molecular weight is 249 g/mol. The van der Waals surface area contributed by atoms with E-state index in [0.717, 1.165) is 18.4 Å². The fourth-order valence-electron chi connectivity index (χ4n) is 1.95. The highest BCUT2D eigenvalue weighted by Gasteiger charge is 2.10. The van der Waals surface area contributed by atoms with Gasteiger partial charge in [0.2, 0.25) is 0 Å². The van der Waals surface area contributed by atoms with E-state index in [-0.39, 0.29) is 11.7 Å². The molecule has 0 fully saturated rings. The Labute approximate surface area is 105 Å². The molecule has 2 N–H and O–H groups in total. The van der Waals surface area contributed by atoms with E-state index in [2.05, 4.69) is 17.5 Å². The van der Waals surface area contributed by atoms with E-state index in [4.69, 9.17) is 5.73 Å². The normalized spacial score (nSPS) is 12.6. The number of aryl methyl sites for hydroxylation is 1. The number of hydrogen-bond donors (Lipinski definition) is 1. The quantitative estimate of drug-likeness (QED) is 0.861. The van der Waals surface area contributed by atoms with Gasteiger partial charge in [-0.05, 0) is 54.4 Å². The first kappa shape index (κ1) is 12.3. The van der Waals surface area contributed by atoms with Crippen molar-refractivity contribution in [2.75, 3.05) is 6.54 Å². The maximum atomic E-state index is 13.1. The van der Waals surface area contributed by atoms with Crippen molar-refractivity contribution in [3.8, 4) is 0 Å². The van der Waals surface area contributed by atoms with Crippen LogP contribution in [0.5, 0.6) is 0 Å². The Kier molecular flexibility index (Phi) is 4.29. The Balaban J connectivity index is 2.01. The number of hydrogen-bond acceptors (Lipinski definition) is 2. The molecule has 0 aliphatic heterocycles. The molecular weight excluding hydrogens is 233 g/mol. The first-order valence-corrected chi connectivity index (χ1v) is 6.65. The van der Waals surface area contributed by atoms with Gasteiger partial charge in [0, 0.05) is 4.88 Å². The third-order valence-electron chi connectivity index (χ3n) is 2.92. The predicted molar refractivity (Wildman–Crippen MR) is 70.8 cm³/mol. The van der Waals surface area contributed by atoms with Crippen LogP contribution < -0.4 is 5.73 Å². The van der Waals surface area contributed by atoms with Gasteiger partial charge in [-0.1, -0.05) is 18.2 Å². The highest BCUT2D eigenvalue weighted by molar-refractivity contribution is 7.09. The lowest BCUT2D eigenvalue weighted by atomic mass is 9.94. The van der Waals surface area contributed by atoms with Crippen LogP contribution in [0.15, 0.2) is 41.8 Å². The molecular formula is C14H16FNS. The van der Waals surface area contributed by atoms with Crippen LogP contribution in [0.2, 0.25) is 0 Å². The smallest absolute Gasteiger partial charge is 0.123 e. The zero-order chi connectivity index (χ0) is 12.1. The lowest BCUT2D eigenvalue weighted by molar-refractivity contribution is 0.605. The summed E-state index contributed by atoms with van der Waals surface area (Å²) in [6.07, 6.45) is 1.98. The van der Waals surface area contributed by atoms with Crippen molar-refractivity contribution in [2.45, 2.75) is 18.8 Å². The van der Waals surface area contributed by atoms with Gasteiger partial charge in [0.1, 0.15) is 5.82 Å². The number of rotatable bonds is 5. The molecule has 0 radical (unpaired) electrons. The van der Waals surface area contributed by atoms with E-state index in [9.17, 15) is 4.39 Å². The number of benzene rings is 1. The summed E-state index contributed by atoms with van der Waals surface area (Å²) in [7, 11) is 0. The lowest BCUT2D eigenvalue weighted by Gasteiger charge is -2.14. The highest BCUT2D eigenvalue weighted by atomic mass is 32.1. The molecule has 0 aliphatic rings. The van der Waals surface area contributed by atoms with Crippen molar-refractivity contribution in [2.24, 2.45) is 5.73 Å². The van der Waals surface area contributed by atoms with Crippen molar-refractivity contribution in [3.63, 3.8) is 0 Å². The van der Waals surface area contributed by atoms with Gasteiger partial charge < -0.3 is 5.73 Å². The number of nitrogens with two attached hydrogens (primary N) is 1. The van der Waals surface area contributed by atoms with Gasteiger partial charge in [-0.3, -0.25) is 0 Å². The predicted octanol–water partition coefficient (Wildman–Crippen LogP) is 3.56. The monoisotopic (exact) mass is 249 g/mol. The maximum absolute atomic E-state index is 13.1. The molecule has 2 aromatic rings. The summed E-state index contributed by atoms with van der Waals surface area (Å²) in [4.78, 5) is 1.36. The third-order valence-corrected chi connectivity index (χ3v) is 3.86. The summed E-state index contributed by atoms with van der Waals surface area (Å²) in [5, 5.41) is 2.08. The summed E-state index contributed by atoms with van der Waals surface area (Å²) in [5.74, 6) is 0.0601. The van der Waals surface area contributed by atoms with Crippen LogP contribution in [-0.2, 0) is 6.42 Å². The molecule has 0 spiro atoms. The van der Waals surface area contributed by atoms with Crippen molar-refractivity contribution in [1.82, 2.24) is 0 Å². The summed E-state index contributed by atoms with van der Waals surface area (Å²) in [6.45, 7) is 0.564. The molecule has 0 amide bonds. The van der Waals surface area contributed by atoms with Gasteiger partial charge in [0.15, 0.2) is 0 Å². The van der Waals surface area contributed by atoms with Crippen LogP contribution in [0.3, 0.4) is 0 Å². The fraction of sp³-hybridized carbons (Fsp3) is 0.286. The lowest BCUT2D eigenvalue weighted by Crippen LogP contribution is -2.13. The maximum Gasteiger partial charge on any atom is 0.123 e. The highest BCUT2D eigenvalue weighted by Crippen LogP contribution is 2.22. The van der Waals surface area contributed by atoms with E-state index in [1.54, 1.807) is 23.5 Å². The Bertz CT molecular complexity index is 453. The molecule has 0 bridgehead atoms. The Morgan fingerprint density at radius 3 is 2.76 bits per heavy atom. The Morgan fingerprint density at radius 1 is 1.24 bits per heavy atom. The van der Waals surface area contributed by atoms with Crippen LogP contribution in [-0.4, -0.2) is 6.54 Å². The zero-order valence-electron chi connectivity index (χ0n) is 9.60. The molecule has 3 heteroatoms. The second kappa shape index (κ2) is 5.94. The SMILES string of the molecule is NCC(CCc1cccs1)c1cccc(F)c1. The molecule has 1 atom stereocenters. The minimum Gasteiger partial charge on any atom is -0.330 e. The summed E-state index contributed by atoms with van der Waals surface area (Å²) in [5.41, 5.74) is 6.78. The standard InChI is InChI=1S/C14H16FNS/c15-13-4-1-3-11(9-13)12(10-16)6-7-14-5-2-8-17-14/h1-5,8-9,12H,6-7,10,16H2. The van der Waals surface area contributed by atoms with E-state index < -0.39 is 0 Å².